The van der Waals surface area contributed by atoms with Crippen LogP contribution in [-0.2, 0) is 0 Å². The summed E-state index contributed by atoms with van der Waals surface area (Å²) in [5, 5.41) is 8.93. The zero-order valence-corrected chi connectivity index (χ0v) is 10.4. The van der Waals surface area contributed by atoms with Crippen molar-refractivity contribution in [3.05, 3.63) is 12.2 Å². The Balaban J connectivity index is 4.26. The second-order valence-electron chi connectivity index (χ2n) is 3.94. The molecule has 0 aliphatic carbocycles. The molecule has 0 spiro atoms. The van der Waals surface area contributed by atoms with Crippen molar-refractivity contribution in [3.63, 3.8) is 0 Å². The molecule has 0 aromatic heterocycles. The minimum absolute atomic E-state index is 0.483. The van der Waals surface area contributed by atoms with Gasteiger partial charge >= 0.3 is 0 Å². The maximum atomic E-state index is 9.41. The van der Waals surface area contributed by atoms with E-state index in [0.29, 0.717) is 0 Å². The van der Waals surface area contributed by atoms with Gasteiger partial charge in [-0.15, -0.1) is 17.1 Å². The van der Waals surface area contributed by atoms with Gasteiger partial charge in [-0.05, 0) is 6.92 Å². The highest BCUT2D eigenvalue weighted by molar-refractivity contribution is 6.83. The first-order valence-electron chi connectivity index (χ1n) is 4.34. The summed E-state index contributed by atoms with van der Waals surface area (Å²) in [6.45, 7) is 8.28. The molecule has 0 fully saturated rings. The average molecular weight is 217 g/mol. The van der Waals surface area contributed by atoms with Gasteiger partial charge in [0.15, 0.2) is 0 Å². The van der Waals surface area contributed by atoms with Gasteiger partial charge < -0.3 is 5.11 Å². The van der Waals surface area contributed by atoms with E-state index in [1.54, 1.807) is 12.2 Å². The van der Waals surface area contributed by atoms with Crippen LogP contribution < -0.4 is 0 Å². The summed E-state index contributed by atoms with van der Waals surface area (Å²) in [5.41, 5.74) is 3.12. The van der Waals surface area contributed by atoms with E-state index >= 15 is 0 Å². The molecule has 3 heteroatoms. The predicted molar refractivity (Wildman–Crippen MR) is 61.6 cm³/mol. The number of hydrogen-bond donors (Lipinski definition) is 1. The molecule has 0 heterocycles. The van der Waals surface area contributed by atoms with Gasteiger partial charge in [-0.25, -0.2) is 0 Å². The molecular formula is C10H17ClOSi. The van der Waals surface area contributed by atoms with Crippen LogP contribution in [0.5, 0.6) is 0 Å². The van der Waals surface area contributed by atoms with Crippen LogP contribution in [0, 0.1) is 11.5 Å². The lowest BCUT2D eigenvalue weighted by atomic mass is 10.2. The van der Waals surface area contributed by atoms with Crippen molar-refractivity contribution in [2.75, 3.05) is 0 Å². The molecule has 0 saturated carbocycles. The lowest BCUT2D eigenvalue weighted by Gasteiger charge is -2.08. The third-order valence-electron chi connectivity index (χ3n) is 1.27. The monoisotopic (exact) mass is 216 g/mol. The van der Waals surface area contributed by atoms with Crippen molar-refractivity contribution in [2.24, 2.45) is 0 Å². The largest absolute Gasteiger partial charge is 0.386 e. The fourth-order valence-corrected chi connectivity index (χ4v) is 1.48. The molecule has 1 nitrogen and oxygen atoms in total. The van der Waals surface area contributed by atoms with Gasteiger partial charge in [0.05, 0.1) is 6.10 Å². The van der Waals surface area contributed by atoms with Crippen molar-refractivity contribution < 1.29 is 5.11 Å². The molecule has 0 aliphatic heterocycles. The van der Waals surface area contributed by atoms with Crippen molar-refractivity contribution in [1.82, 2.24) is 0 Å². The summed E-state index contributed by atoms with van der Waals surface area (Å²) in [5.74, 6) is 2.88. The summed E-state index contributed by atoms with van der Waals surface area (Å²) in [6, 6.07) is 0. The molecule has 0 aromatic rings. The first kappa shape index (κ1) is 12.8. The molecule has 0 aromatic carbocycles. The smallest absolute Gasteiger partial charge is 0.129 e. The number of alkyl halides is 1. The van der Waals surface area contributed by atoms with Crippen molar-refractivity contribution in [2.45, 2.75) is 38.0 Å². The maximum Gasteiger partial charge on any atom is 0.129 e. The number of halogens is 1. The Kier molecular flexibility index (Phi) is 5.39. The molecule has 0 aliphatic rings. The highest BCUT2D eigenvalue weighted by Crippen LogP contribution is 2.04. The molecule has 2 atom stereocenters. The fourth-order valence-electron chi connectivity index (χ4n) is 0.666. The van der Waals surface area contributed by atoms with Crippen molar-refractivity contribution >= 4 is 19.7 Å². The Morgan fingerprint density at radius 1 is 1.38 bits per heavy atom. The Hall–Kier alpha value is -0.233. The van der Waals surface area contributed by atoms with Crippen LogP contribution in [0.4, 0.5) is 0 Å². The molecule has 0 unspecified atom stereocenters. The number of allylic oxidation sites excluding steroid dienone is 1. The van der Waals surface area contributed by atoms with Crippen LogP contribution in [0.25, 0.3) is 0 Å². The summed E-state index contributed by atoms with van der Waals surface area (Å²) in [7, 11) is -1.37. The van der Waals surface area contributed by atoms with Crippen LogP contribution in [0.1, 0.15) is 6.92 Å². The summed E-state index contributed by atoms with van der Waals surface area (Å²) >= 11 is 5.86. The summed E-state index contributed by atoms with van der Waals surface area (Å²) in [4.78, 5) is 0. The zero-order valence-electron chi connectivity index (χ0n) is 8.63. The van der Waals surface area contributed by atoms with Crippen molar-refractivity contribution in [3.8, 4) is 11.5 Å². The molecule has 0 saturated heterocycles. The lowest BCUT2D eigenvalue weighted by molar-refractivity contribution is 0.232. The van der Waals surface area contributed by atoms with Crippen LogP contribution in [-0.4, -0.2) is 24.7 Å². The first-order chi connectivity index (χ1) is 5.87. The molecule has 0 amide bonds. The minimum Gasteiger partial charge on any atom is -0.386 e. The Bertz CT molecular complexity index is 232. The number of rotatable bonds is 2. The summed E-state index contributed by atoms with van der Waals surface area (Å²) < 4.78 is 0. The molecular weight excluding hydrogens is 200 g/mol. The molecule has 0 radical (unpaired) electrons. The van der Waals surface area contributed by atoms with Crippen LogP contribution in [0.3, 0.4) is 0 Å². The molecule has 13 heavy (non-hydrogen) atoms. The van der Waals surface area contributed by atoms with E-state index in [0.717, 1.165) is 0 Å². The molecule has 0 bridgehead atoms. The Morgan fingerprint density at radius 3 is 2.31 bits per heavy atom. The fraction of sp³-hybridized carbons (Fsp3) is 0.600. The predicted octanol–water partition coefficient (Wildman–Crippen LogP) is 2.41. The minimum atomic E-state index is -1.37. The van der Waals surface area contributed by atoms with Gasteiger partial charge in [0.25, 0.3) is 0 Å². The first-order valence-corrected chi connectivity index (χ1v) is 8.28. The van der Waals surface area contributed by atoms with Gasteiger partial charge in [0, 0.05) is 0 Å². The van der Waals surface area contributed by atoms with E-state index in [2.05, 4.69) is 31.1 Å². The normalized spacial score (nSPS) is 16.5. The van der Waals surface area contributed by atoms with E-state index in [9.17, 15) is 5.11 Å². The quantitative estimate of drug-likeness (QED) is 0.325. The summed E-state index contributed by atoms with van der Waals surface area (Å²) in [6.07, 6.45) is 2.77. The highest BCUT2D eigenvalue weighted by atomic mass is 35.5. The number of aliphatic hydroxyl groups is 1. The van der Waals surface area contributed by atoms with E-state index < -0.39 is 19.6 Å². The van der Waals surface area contributed by atoms with E-state index in [-0.39, 0.29) is 0 Å². The third kappa shape index (κ3) is 6.89. The van der Waals surface area contributed by atoms with E-state index in [4.69, 9.17) is 11.6 Å². The van der Waals surface area contributed by atoms with Crippen LogP contribution in [0.2, 0.25) is 19.6 Å². The Labute approximate surface area is 86.8 Å². The van der Waals surface area contributed by atoms with Crippen molar-refractivity contribution in [1.29, 1.82) is 0 Å². The van der Waals surface area contributed by atoms with Gasteiger partial charge in [-0.1, -0.05) is 37.7 Å². The van der Waals surface area contributed by atoms with Gasteiger partial charge in [-0.2, -0.15) is 0 Å². The number of aliphatic hydroxyl groups excluding tert-OH is 1. The van der Waals surface area contributed by atoms with Gasteiger partial charge in [-0.3, -0.25) is 0 Å². The van der Waals surface area contributed by atoms with Gasteiger partial charge in [0.2, 0.25) is 0 Å². The van der Waals surface area contributed by atoms with E-state index in [1.807, 2.05) is 6.92 Å². The SMILES string of the molecule is C/C=C/[C@H](O)[C@H](Cl)C#C[Si](C)(C)C. The molecule has 1 N–H and O–H groups in total. The molecule has 0 rings (SSSR count). The second kappa shape index (κ2) is 5.49. The maximum absolute atomic E-state index is 9.41. The van der Waals surface area contributed by atoms with Crippen LogP contribution >= 0.6 is 11.6 Å². The second-order valence-corrected chi connectivity index (χ2v) is 9.16. The third-order valence-corrected chi connectivity index (χ3v) is 2.54. The topological polar surface area (TPSA) is 20.2 Å². The highest BCUT2D eigenvalue weighted by Gasteiger charge is 2.12. The van der Waals surface area contributed by atoms with Gasteiger partial charge in [0.1, 0.15) is 13.5 Å². The van der Waals surface area contributed by atoms with E-state index in [1.165, 1.54) is 0 Å². The Morgan fingerprint density at radius 2 is 1.92 bits per heavy atom. The lowest BCUT2D eigenvalue weighted by Crippen LogP contribution is -2.20. The zero-order chi connectivity index (χ0) is 10.5. The molecule has 74 valence electrons. The standard InChI is InChI=1S/C10H17ClOSi/c1-5-6-10(12)9(11)7-8-13(2,3)4/h5-6,9-10,12H,1-4H3/b6-5+/t9-,10+/m1/s1. The average Bonchev–Trinajstić information content (AvgIpc) is 1.99. The van der Waals surface area contributed by atoms with Crippen LogP contribution in [0.15, 0.2) is 12.2 Å². The number of hydrogen-bond acceptors (Lipinski definition) is 1.